The minimum Gasteiger partial charge on any atom is -0.497 e. The molecule has 2 heteroatoms. The zero-order valence-corrected chi connectivity index (χ0v) is 11.3. The molecule has 0 saturated heterocycles. The Kier molecular flexibility index (Phi) is 3.72. The molecule has 2 rings (SSSR count). The van der Waals surface area contributed by atoms with Crippen LogP contribution in [-0.4, -0.2) is 19.2 Å². The average molecular weight is 233 g/mol. The first-order valence-corrected chi connectivity index (χ1v) is 6.52. The maximum Gasteiger partial charge on any atom is 0.119 e. The van der Waals surface area contributed by atoms with Gasteiger partial charge in [-0.05, 0) is 55.9 Å². The van der Waals surface area contributed by atoms with E-state index in [1.807, 2.05) is 0 Å². The first-order valence-electron chi connectivity index (χ1n) is 6.52. The smallest absolute Gasteiger partial charge is 0.119 e. The second kappa shape index (κ2) is 5.09. The average Bonchev–Trinajstić information content (AvgIpc) is 3.11. The first-order chi connectivity index (χ1) is 8.11. The van der Waals surface area contributed by atoms with Crippen LogP contribution in [-0.2, 0) is 0 Å². The summed E-state index contributed by atoms with van der Waals surface area (Å²) in [6.07, 6.45) is 2.69. The van der Waals surface area contributed by atoms with E-state index in [1.165, 1.54) is 24.0 Å². The lowest BCUT2D eigenvalue weighted by Gasteiger charge is -2.23. The second-order valence-electron chi connectivity index (χ2n) is 5.24. The predicted molar refractivity (Wildman–Crippen MR) is 71.8 cm³/mol. The van der Waals surface area contributed by atoms with Crippen molar-refractivity contribution in [1.82, 2.24) is 5.32 Å². The number of nitrogens with one attached hydrogen (secondary N) is 1. The summed E-state index contributed by atoms with van der Waals surface area (Å²) in [7, 11) is 1.72. The summed E-state index contributed by atoms with van der Waals surface area (Å²) in [6.45, 7) is 6.75. The largest absolute Gasteiger partial charge is 0.497 e. The van der Waals surface area contributed by atoms with Gasteiger partial charge in [0, 0.05) is 12.1 Å². The summed E-state index contributed by atoms with van der Waals surface area (Å²) in [5, 5.41) is 3.68. The zero-order chi connectivity index (χ0) is 12.4. The topological polar surface area (TPSA) is 21.3 Å². The van der Waals surface area contributed by atoms with Gasteiger partial charge < -0.3 is 10.1 Å². The normalized spacial score (nSPS) is 18.8. The molecule has 0 aliphatic heterocycles. The van der Waals surface area contributed by atoms with Crippen molar-refractivity contribution in [2.24, 2.45) is 0 Å². The molecule has 1 aromatic carbocycles. The highest BCUT2D eigenvalue weighted by molar-refractivity contribution is 5.37. The van der Waals surface area contributed by atoms with E-state index in [4.69, 9.17) is 4.74 Å². The molecule has 1 N–H and O–H groups in total. The van der Waals surface area contributed by atoms with Crippen LogP contribution in [0.5, 0.6) is 5.75 Å². The molecule has 0 spiro atoms. The summed E-state index contributed by atoms with van der Waals surface area (Å²) >= 11 is 0. The van der Waals surface area contributed by atoms with Gasteiger partial charge in [0.2, 0.25) is 0 Å². The lowest BCUT2D eigenvalue weighted by Crippen LogP contribution is -2.32. The van der Waals surface area contributed by atoms with Gasteiger partial charge in [-0.25, -0.2) is 0 Å². The summed E-state index contributed by atoms with van der Waals surface area (Å²) in [4.78, 5) is 0. The van der Waals surface area contributed by atoms with E-state index in [0.29, 0.717) is 12.0 Å². The molecule has 1 aliphatic rings. The SMILES string of the molecule is COc1ccc(C(C)C(C)NC2CC2)c(C)c1. The Morgan fingerprint density at radius 1 is 1.29 bits per heavy atom. The maximum absolute atomic E-state index is 5.25. The number of methoxy groups -OCH3 is 1. The molecule has 2 unspecified atom stereocenters. The van der Waals surface area contributed by atoms with E-state index in [9.17, 15) is 0 Å². The minimum atomic E-state index is 0.537. The van der Waals surface area contributed by atoms with Crippen LogP contribution in [0.4, 0.5) is 0 Å². The van der Waals surface area contributed by atoms with Crippen LogP contribution >= 0.6 is 0 Å². The van der Waals surface area contributed by atoms with Crippen LogP contribution in [0, 0.1) is 6.92 Å². The Morgan fingerprint density at radius 3 is 2.53 bits per heavy atom. The molecule has 2 atom stereocenters. The van der Waals surface area contributed by atoms with Gasteiger partial charge in [-0.1, -0.05) is 13.0 Å². The van der Waals surface area contributed by atoms with Crippen molar-refractivity contribution in [3.63, 3.8) is 0 Å². The molecule has 0 radical (unpaired) electrons. The van der Waals surface area contributed by atoms with Crippen molar-refractivity contribution < 1.29 is 4.74 Å². The predicted octanol–water partition coefficient (Wildman–Crippen LogP) is 3.25. The molecule has 0 aromatic heterocycles. The summed E-state index contributed by atoms with van der Waals surface area (Å²) < 4.78 is 5.25. The highest BCUT2D eigenvalue weighted by atomic mass is 16.5. The van der Waals surface area contributed by atoms with Crippen molar-refractivity contribution in [3.8, 4) is 5.75 Å². The molecular weight excluding hydrogens is 210 g/mol. The summed E-state index contributed by atoms with van der Waals surface area (Å²) in [5.74, 6) is 1.49. The standard InChI is InChI=1S/C15H23NO/c1-10-9-14(17-4)7-8-15(10)11(2)12(3)16-13-5-6-13/h7-9,11-13,16H,5-6H2,1-4H3. The molecule has 0 amide bonds. The van der Waals surface area contributed by atoms with E-state index in [0.717, 1.165) is 11.8 Å². The zero-order valence-electron chi connectivity index (χ0n) is 11.3. The van der Waals surface area contributed by atoms with E-state index >= 15 is 0 Å². The first kappa shape index (κ1) is 12.4. The van der Waals surface area contributed by atoms with Gasteiger partial charge in [-0.3, -0.25) is 0 Å². The Bertz CT molecular complexity index is 385. The van der Waals surface area contributed by atoms with Crippen molar-refractivity contribution in [1.29, 1.82) is 0 Å². The molecule has 94 valence electrons. The lowest BCUT2D eigenvalue weighted by molar-refractivity contribution is 0.413. The third-order valence-electron chi connectivity index (χ3n) is 3.79. The monoisotopic (exact) mass is 233 g/mol. The van der Waals surface area contributed by atoms with Gasteiger partial charge in [0.25, 0.3) is 0 Å². The number of benzene rings is 1. The third kappa shape index (κ3) is 3.01. The van der Waals surface area contributed by atoms with Crippen LogP contribution in [0.1, 0.15) is 43.7 Å². The molecule has 17 heavy (non-hydrogen) atoms. The van der Waals surface area contributed by atoms with Gasteiger partial charge >= 0.3 is 0 Å². The van der Waals surface area contributed by atoms with Crippen LogP contribution < -0.4 is 10.1 Å². The number of ether oxygens (including phenoxy) is 1. The van der Waals surface area contributed by atoms with E-state index < -0.39 is 0 Å². The van der Waals surface area contributed by atoms with Gasteiger partial charge in [0.1, 0.15) is 5.75 Å². The fourth-order valence-corrected chi connectivity index (χ4v) is 2.32. The molecule has 1 fully saturated rings. The summed E-state index contributed by atoms with van der Waals surface area (Å²) in [5.41, 5.74) is 2.74. The highest BCUT2D eigenvalue weighted by Gasteiger charge is 2.25. The molecule has 1 saturated carbocycles. The number of aryl methyl sites for hydroxylation is 1. The molecule has 0 heterocycles. The van der Waals surface area contributed by atoms with Crippen LogP contribution in [0.2, 0.25) is 0 Å². The molecule has 1 aromatic rings. The molecular formula is C15H23NO. The van der Waals surface area contributed by atoms with Crippen molar-refractivity contribution >= 4 is 0 Å². The van der Waals surface area contributed by atoms with Crippen molar-refractivity contribution in [2.45, 2.75) is 51.6 Å². The third-order valence-corrected chi connectivity index (χ3v) is 3.79. The van der Waals surface area contributed by atoms with Crippen LogP contribution in [0.25, 0.3) is 0 Å². The quantitative estimate of drug-likeness (QED) is 0.843. The van der Waals surface area contributed by atoms with E-state index in [1.54, 1.807) is 7.11 Å². The van der Waals surface area contributed by atoms with Crippen molar-refractivity contribution in [2.75, 3.05) is 7.11 Å². The number of rotatable bonds is 5. The number of hydrogen-bond donors (Lipinski definition) is 1. The molecule has 2 nitrogen and oxygen atoms in total. The van der Waals surface area contributed by atoms with Crippen LogP contribution in [0.15, 0.2) is 18.2 Å². The Labute approximate surface area is 104 Å². The lowest BCUT2D eigenvalue weighted by atomic mass is 9.91. The number of hydrogen-bond acceptors (Lipinski definition) is 2. The van der Waals surface area contributed by atoms with E-state index in [2.05, 4.69) is 44.3 Å². The fourth-order valence-electron chi connectivity index (χ4n) is 2.32. The van der Waals surface area contributed by atoms with Gasteiger partial charge in [-0.15, -0.1) is 0 Å². The fraction of sp³-hybridized carbons (Fsp3) is 0.600. The van der Waals surface area contributed by atoms with Gasteiger partial charge in [0.15, 0.2) is 0 Å². The summed E-state index contributed by atoms with van der Waals surface area (Å²) in [6, 6.07) is 7.68. The van der Waals surface area contributed by atoms with Gasteiger partial charge in [-0.2, -0.15) is 0 Å². The highest BCUT2D eigenvalue weighted by Crippen LogP contribution is 2.28. The Morgan fingerprint density at radius 2 is 2.00 bits per heavy atom. The Balaban J connectivity index is 2.08. The van der Waals surface area contributed by atoms with Gasteiger partial charge in [0.05, 0.1) is 7.11 Å². The maximum atomic E-state index is 5.25. The molecule has 1 aliphatic carbocycles. The molecule has 0 bridgehead atoms. The Hall–Kier alpha value is -1.02. The van der Waals surface area contributed by atoms with E-state index in [-0.39, 0.29) is 0 Å². The van der Waals surface area contributed by atoms with Crippen molar-refractivity contribution in [3.05, 3.63) is 29.3 Å². The van der Waals surface area contributed by atoms with Crippen LogP contribution in [0.3, 0.4) is 0 Å². The minimum absolute atomic E-state index is 0.537. The second-order valence-corrected chi connectivity index (χ2v) is 5.24.